The molecule has 8 heteroatoms. The molecule has 2 aromatic carbocycles. The summed E-state index contributed by atoms with van der Waals surface area (Å²) in [4.78, 5) is 25.8. The minimum atomic E-state index is -0.246. The molecule has 5 nitrogen and oxygen atoms in total. The molecule has 4 aliphatic rings. The van der Waals surface area contributed by atoms with Crippen molar-refractivity contribution < 1.29 is 14.3 Å². The van der Waals surface area contributed by atoms with Gasteiger partial charge in [0.1, 0.15) is 12.4 Å². The van der Waals surface area contributed by atoms with Gasteiger partial charge in [-0.3, -0.25) is 9.59 Å². The van der Waals surface area contributed by atoms with Crippen molar-refractivity contribution in [3.05, 3.63) is 71.8 Å². The van der Waals surface area contributed by atoms with Crippen LogP contribution in [0.1, 0.15) is 24.0 Å². The van der Waals surface area contributed by atoms with Gasteiger partial charge in [0.05, 0.1) is 25.2 Å². The molecular formula is C24H19ClI2N2O3. The Bertz CT molecular complexity index is 1110. The lowest BCUT2D eigenvalue weighted by Gasteiger charge is -2.37. The van der Waals surface area contributed by atoms with Crippen molar-refractivity contribution in [2.45, 2.75) is 19.4 Å². The maximum atomic E-state index is 12.9. The fraction of sp³-hybridized carbons (Fsp3) is 0.292. The van der Waals surface area contributed by atoms with E-state index in [1.165, 1.54) is 0 Å². The molecule has 0 N–H and O–H groups in total. The first kappa shape index (κ1) is 22.3. The fourth-order valence-corrected chi connectivity index (χ4v) is 7.17. The van der Waals surface area contributed by atoms with Crippen LogP contribution in [0.25, 0.3) is 0 Å². The van der Waals surface area contributed by atoms with Gasteiger partial charge < -0.3 is 4.74 Å². The van der Waals surface area contributed by atoms with Crippen LogP contribution in [0, 0.1) is 30.8 Å². The van der Waals surface area contributed by atoms with Gasteiger partial charge in [0.15, 0.2) is 0 Å². The van der Waals surface area contributed by atoms with Gasteiger partial charge in [-0.05, 0) is 93.6 Å². The summed E-state index contributed by atoms with van der Waals surface area (Å²) < 4.78 is 7.86. The van der Waals surface area contributed by atoms with Gasteiger partial charge in [0, 0.05) is 10.6 Å². The standard InChI is InChI=1S/C24H19ClI2N2O3/c25-17-4-2-1-3-16(17)12-32-22-18(26)9-13(10-19(22)27)11-28-29-23(30)20-14-5-6-15(8-7-14)21(20)24(29)31/h1-6,9-11,14-15,20-21H,7-8,12H2/b28-11+. The second-order valence-corrected chi connectivity index (χ2v) is 11.0. The van der Waals surface area contributed by atoms with Gasteiger partial charge in [0.25, 0.3) is 11.8 Å². The maximum Gasteiger partial charge on any atom is 0.254 e. The zero-order valence-electron chi connectivity index (χ0n) is 16.9. The van der Waals surface area contributed by atoms with Crippen LogP contribution in [-0.2, 0) is 16.2 Å². The van der Waals surface area contributed by atoms with E-state index in [9.17, 15) is 9.59 Å². The summed E-state index contributed by atoms with van der Waals surface area (Å²) in [6.07, 6.45) is 7.76. The van der Waals surface area contributed by atoms with Crippen molar-refractivity contribution >= 4 is 74.8 Å². The first-order valence-electron chi connectivity index (χ1n) is 10.4. The van der Waals surface area contributed by atoms with Crippen LogP contribution >= 0.6 is 56.8 Å². The summed E-state index contributed by atoms with van der Waals surface area (Å²) in [6.45, 7) is 0.370. The largest absolute Gasteiger partial charge is 0.487 e. The molecule has 1 saturated carbocycles. The molecular weight excluding hydrogens is 654 g/mol. The molecule has 32 heavy (non-hydrogen) atoms. The number of imide groups is 1. The Hall–Kier alpha value is -1.46. The Balaban J connectivity index is 1.32. The van der Waals surface area contributed by atoms with Crippen LogP contribution < -0.4 is 4.74 Å². The minimum Gasteiger partial charge on any atom is -0.487 e. The molecule has 3 aliphatic carbocycles. The van der Waals surface area contributed by atoms with Crippen LogP contribution in [0.2, 0.25) is 5.02 Å². The average molecular weight is 673 g/mol. The topological polar surface area (TPSA) is 59.0 Å². The van der Waals surface area contributed by atoms with E-state index in [1.54, 1.807) is 6.21 Å². The number of fused-ring (bicyclic) bond motifs is 1. The third-order valence-electron chi connectivity index (χ3n) is 6.41. The molecule has 2 fully saturated rings. The van der Waals surface area contributed by atoms with Crippen molar-refractivity contribution in [3.63, 3.8) is 0 Å². The van der Waals surface area contributed by atoms with Crippen molar-refractivity contribution in [2.24, 2.45) is 28.8 Å². The molecule has 6 rings (SSSR count). The summed E-state index contributed by atoms with van der Waals surface area (Å²) in [5, 5.41) is 6.07. The van der Waals surface area contributed by atoms with E-state index < -0.39 is 0 Å². The third kappa shape index (κ3) is 4.00. The van der Waals surface area contributed by atoms with Crippen LogP contribution in [0.4, 0.5) is 0 Å². The molecule has 2 aromatic rings. The number of carbonyl (C=O) groups is 2. The molecule has 1 saturated heterocycles. The van der Waals surface area contributed by atoms with E-state index in [2.05, 4.69) is 62.4 Å². The fourth-order valence-electron chi connectivity index (χ4n) is 4.85. The third-order valence-corrected chi connectivity index (χ3v) is 8.38. The number of nitrogens with zero attached hydrogens (tertiary/aromatic N) is 2. The SMILES string of the molecule is O=C1C2C3C=CC(CC3)C2C(=O)N1/N=C/c1cc(I)c(OCc2ccccc2Cl)c(I)c1. The van der Waals surface area contributed by atoms with Crippen molar-refractivity contribution in [1.82, 2.24) is 5.01 Å². The predicted molar refractivity (Wildman–Crippen MR) is 139 cm³/mol. The van der Waals surface area contributed by atoms with E-state index in [0.29, 0.717) is 11.6 Å². The highest BCUT2D eigenvalue weighted by atomic mass is 127. The lowest BCUT2D eigenvalue weighted by Crippen LogP contribution is -2.38. The molecule has 1 heterocycles. The number of ether oxygens (including phenoxy) is 1. The van der Waals surface area contributed by atoms with Crippen LogP contribution in [0.3, 0.4) is 0 Å². The zero-order chi connectivity index (χ0) is 22.4. The normalized spacial score (nSPS) is 26.3. The van der Waals surface area contributed by atoms with E-state index in [1.807, 2.05) is 36.4 Å². The molecule has 4 unspecified atom stereocenters. The molecule has 1 aliphatic heterocycles. The Morgan fingerprint density at radius 1 is 1.03 bits per heavy atom. The summed E-state index contributed by atoms with van der Waals surface area (Å²) >= 11 is 10.7. The van der Waals surface area contributed by atoms with Crippen molar-refractivity contribution in [3.8, 4) is 5.75 Å². The van der Waals surface area contributed by atoms with E-state index in [0.717, 1.165) is 41.9 Å². The number of rotatable bonds is 5. The summed E-state index contributed by atoms with van der Waals surface area (Å²) in [6, 6.07) is 11.5. The van der Waals surface area contributed by atoms with Gasteiger partial charge in [-0.25, -0.2) is 0 Å². The maximum absolute atomic E-state index is 12.9. The van der Waals surface area contributed by atoms with Crippen LogP contribution in [0.15, 0.2) is 53.7 Å². The summed E-state index contributed by atoms with van der Waals surface area (Å²) in [5.41, 5.74) is 1.72. The van der Waals surface area contributed by atoms with Gasteiger partial charge in [0.2, 0.25) is 0 Å². The van der Waals surface area contributed by atoms with Gasteiger partial charge in [-0.1, -0.05) is 42.0 Å². The van der Waals surface area contributed by atoms with E-state index in [4.69, 9.17) is 16.3 Å². The number of halogens is 3. The highest BCUT2D eigenvalue weighted by Crippen LogP contribution is 2.49. The molecule has 4 atom stereocenters. The number of allylic oxidation sites excluding steroid dienone is 2. The number of hydrogen-bond acceptors (Lipinski definition) is 4. The minimum absolute atomic E-state index is 0.165. The lowest BCUT2D eigenvalue weighted by atomic mass is 9.63. The Morgan fingerprint density at radius 2 is 1.62 bits per heavy atom. The Labute approximate surface area is 218 Å². The van der Waals surface area contributed by atoms with E-state index in [-0.39, 0.29) is 35.5 Å². The van der Waals surface area contributed by atoms with Crippen molar-refractivity contribution in [1.29, 1.82) is 0 Å². The van der Waals surface area contributed by atoms with Crippen LogP contribution in [0.5, 0.6) is 5.75 Å². The smallest absolute Gasteiger partial charge is 0.254 e. The monoisotopic (exact) mass is 672 g/mol. The summed E-state index contributed by atoms with van der Waals surface area (Å²) in [5.74, 6) is 0.272. The molecule has 2 bridgehead atoms. The van der Waals surface area contributed by atoms with Gasteiger partial charge in [-0.2, -0.15) is 10.1 Å². The highest BCUT2D eigenvalue weighted by Gasteiger charge is 2.56. The average Bonchev–Trinajstić information content (AvgIpc) is 3.05. The van der Waals surface area contributed by atoms with Gasteiger partial charge >= 0.3 is 0 Å². The molecule has 0 aromatic heterocycles. The highest BCUT2D eigenvalue weighted by molar-refractivity contribution is 14.1. The summed E-state index contributed by atoms with van der Waals surface area (Å²) in [7, 11) is 0. The molecule has 0 radical (unpaired) electrons. The number of benzene rings is 2. The molecule has 2 amide bonds. The first-order chi connectivity index (χ1) is 15.4. The number of carbonyl (C=O) groups excluding carboxylic acids is 2. The molecule has 0 spiro atoms. The quantitative estimate of drug-likeness (QED) is 0.179. The number of hydrazone groups is 1. The lowest BCUT2D eigenvalue weighted by molar-refractivity contribution is -0.140. The second-order valence-electron chi connectivity index (χ2n) is 8.27. The second kappa shape index (κ2) is 9.06. The first-order valence-corrected chi connectivity index (χ1v) is 12.9. The van der Waals surface area contributed by atoms with Gasteiger partial charge in [-0.15, -0.1) is 0 Å². The van der Waals surface area contributed by atoms with Crippen LogP contribution in [-0.4, -0.2) is 23.0 Å². The number of hydrogen-bond donors (Lipinski definition) is 0. The predicted octanol–water partition coefficient (Wildman–Crippen LogP) is 5.66. The zero-order valence-corrected chi connectivity index (χ0v) is 22.0. The number of amides is 2. The van der Waals surface area contributed by atoms with Crippen molar-refractivity contribution in [2.75, 3.05) is 0 Å². The molecule has 164 valence electrons. The Kier molecular flexibility index (Phi) is 6.32. The Morgan fingerprint density at radius 3 is 2.19 bits per heavy atom. The van der Waals surface area contributed by atoms with E-state index >= 15 is 0 Å².